The lowest BCUT2D eigenvalue weighted by Crippen LogP contribution is -2.49. The number of piperazine rings is 1. The molecule has 1 aliphatic carbocycles. The summed E-state index contributed by atoms with van der Waals surface area (Å²) in [6.45, 7) is 4.78. The fraction of sp³-hybridized carbons (Fsp3) is 0.400. The van der Waals surface area contributed by atoms with E-state index in [0.717, 1.165) is 11.8 Å². The topological polar surface area (TPSA) is 93.8 Å². The van der Waals surface area contributed by atoms with Crippen molar-refractivity contribution in [2.24, 2.45) is 5.92 Å². The molecular formula is C25H29N5O3. The fourth-order valence-corrected chi connectivity index (χ4v) is 4.78. The highest BCUT2D eigenvalue weighted by atomic mass is 16.5. The van der Waals surface area contributed by atoms with Gasteiger partial charge in [-0.3, -0.25) is 4.79 Å². The molecule has 1 amide bonds. The second-order valence-corrected chi connectivity index (χ2v) is 8.75. The van der Waals surface area contributed by atoms with Crippen LogP contribution in [0.15, 0.2) is 36.4 Å². The molecule has 2 N–H and O–H groups in total. The Kier molecular flexibility index (Phi) is 5.44. The quantitative estimate of drug-likeness (QED) is 0.643. The van der Waals surface area contributed by atoms with Crippen molar-refractivity contribution in [3.8, 4) is 11.5 Å². The third-order valence-corrected chi connectivity index (χ3v) is 6.79. The number of anilines is 2. The van der Waals surface area contributed by atoms with Crippen molar-refractivity contribution in [2.75, 3.05) is 51.0 Å². The number of hydrogen-bond donors (Lipinski definition) is 1. The van der Waals surface area contributed by atoms with Crippen LogP contribution >= 0.6 is 0 Å². The Hall–Kier alpha value is -3.55. The summed E-state index contributed by atoms with van der Waals surface area (Å²) in [4.78, 5) is 26.4. The first kappa shape index (κ1) is 21.3. The Morgan fingerprint density at radius 1 is 1.03 bits per heavy atom. The van der Waals surface area contributed by atoms with Crippen molar-refractivity contribution >= 4 is 28.6 Å². The number of amides is 1. The van der Waals surface area contributed by atoms with Crippen LogP contribution in [0.1, 0.15) is 23.5 Å². The molecule has 0 bridgehead atoms. The number of hydrogen-bond acceptors (Lipinski definition) is 7. The van der Waals surface area contributed by atoms with E-state index in [1.165, 1.54) is 11.1 Å². The molecule has 1 saturated heterocycles. The number of methoxy groups -OCH3 is 2. The van der Waals surface area contributed by atoms with Crippen molar-refractivity contribution < 1.29 is 14.3 Å². The smallest absolute Gasteiger partial charge is 0.228 e. The van der Waals surface area contributed by atoms with E-state index in [2.05, 4.69) is 35.0 Å². The number of carbonyl (C=O) groups excluding carboxylic acids is 1. The SMILES string of the molecule is COc1cc2nc(N3CCN(C(=O)[C@@H]4C[C@H]4c4ccccc4C)CC3)nc(N)c2cc1OC. The van der Waals surface area contributed by atoms with Gasteiger partial charge in [0.2, 0.25) is 11.9 Å². The molecule has 0 unspecified atom stereocenters. The van der Waals surface area contributed by atoms with Crippen molar-refractivity contribution in [3.05, 3.63) is 47.5 Å². The van der Waals surface area contributed by atoms with E-state index in [4.69, 9.17) is 20.2 Å². The summed E-state index contributed by atoms with van der Waals surface area (Å²) in [7, 11) is 3.18. The zero-order valence-corrected chi connectivity index (χ0v) is 19.2. The molecule has 172 valence electrons. The third-order valence-electron chi connectivity index (χ3n) is 6.79. The number of aromatic nitrogens is 2. The molecule has 5 rings (SSSR count). The fourth-order valence-electron chi connectivity index (χ4n) is 4.78. The minimum absolute atomic E-state index is 0.104. The number of nitrogens with two attached hydrogens (primary N) is 1. The van der Waals surface area contributed by atoms with Crippen molar-refractivity contribution in [2.45, 2.75) is 19.3 Å². The maximum atomic E-state index is 13.1. The molecule has 2 aliphatic rings. The molecule has 1 aliphatic heterocycles. The van der Waals surface area contributed by atoms with Crippen LogP contribution < -0.4 is 20.1 Å². The van der Waals surface area contributed by atoms with Gasteiger partial charge in [-0.05, 0) is 36.5 Å². The molecule has 2 atom stereocenters. The summed E-state index contributed by atoms with van der Waals surface area (Å²) in [6, 6.07) is 12.0. The van der Waals surface area contributed by atoms with Gasteiger partial charge in [0.15, 0.2) is 11.5 Å². The maximum absolute atomic E-state index is 13.1. The van der Waals surface area contributed by atoms with Crippen LogP contribution in [0, 0.1) is 12.8 Å². The number of fused-ring (bicyclic) bond motifs is 1. The maximum Gasteiger partial charge on any atom is 0.228 e. The molecule has 2 heterocycles. The summed E-state index contributed by atoms with van der Waals surface area (Å²) in [6.07, 6.45) is 0.944. The van der Waals surface area contributed by atoms with E-state index in [9.17, 15) is 4.79 Å². The van der Waals surface area contributed by atoms with E-state index in [0.29, 0.717) is 60.9 Å². The number of rotatable bonds is 5. The van der Waals surface area contributed by atoms with Crippen molar-refractivity contribution in [1.82, 2.24) is 14.9 Å². The van der Waals surface area contributed by atoms with Gasteiger partial charge < -0.3 is 25.0 Å². The highest BCUT2D eigenvalue weighted by Gasteiger charge is 2.46. The Balaban J connectivity index is 1.27. The number of nitrogen functional groups attached to an aromatic ring is 1. The van der Waals surface area contributed by atoms with E-state index < -0.39 is 0 Å². The van der Waals surface area contributed by atoms with Crippen LogP contribution in [0.4, 0.5) is 11.8 Å². The van der Waals surface area contributed by atoms with Crippen LogP contribution in [0.25, 0.3) is 10.9 Å². The minimum atomic E-state index is 0.104. The van der Waals surface area contributed by atoms with Gasteiger partial charge in [0.1, 0.15) is 5.82 Å². The molecule has 8 heteroatoms. The van der Waals surface area contributed by atoms with E-state index in [1.54, 1.807) is 20.3 Å². The number of carbonyl (C=O) groups is 1. The molecule has 1 saturated carbocycles. The van der Waals surface area contributed by atoms with Crippen LogP contribution in [0.2, 0.25) is 0 Å². The Morgan fingerprint density at radius 3 is 2.42 bits per heavy atom. The van der Waals surface area contributed by atoms with E-state index >= 15 is 0 Å². The summed E-state index contributed by atoms with van der Waals surface area (Å²) < 4.78 is 10.8. The lowest BCUT2D eigenvalue weighted by atomic mass is 10.0. The summed E-state index contributed by atoms with van der Waals surface area (Å²) in [5, 5.41) is 0.723. The monoisotopic (exact) mass is 447 g/mol. The number of aryl methyl sites for hydroxylation is 1. The normalized spacial score (nSPS) is 20.1. The number of benzene rings is 2. The first-order valence-electron chi connectivity index (χ1n) is 11.3. The average molecular weight is 448 g/mol. The average Bonchev–Trinajstić information content (AvgIpc) is 3.64. The van der Waals surface area contributed by atoms with Crippen LogP contribution in [-0.2, 0) is 4.79 Å². The number of nitrogens with zero attached hydrogens (tertiary/aromatic N) is 4. The third kappa shape index (κ3) is 3.90. The Morgan fingerprint density at radius 2 is 1.73 bits per heavy atom. The molecule has 0 radical (unpaired) electrons. The van der Waals surface area contributed by atoms with Crippen LogP contribution in [0.5, 0.6) is 11.5 Å². The second-order valence-electron chi connectivity index (χ2n) is 8.75. The highest BCUT2D eigenvalue weighted by Crippen LogP contribution is 2.49. The first-order valence-corrected chi connectivity index (χ1v) is 11.3. The molecule has 2 aromatic carbocycles. The first-order chi connectivity index (χ1) is 16.0. The largest absolute Gasteiger partial charge is 0.493 e. The summed E-state index contributed by atoms with van der Waals surface area (Å²) in [5.74, 6) is 2.87. The molecule has 2 fully saturated rings. The van der Waals surface area contributed by atoms with Gasteiger partial charge in [0.05, 0.1) is 19.7 Å². The predicted molar refractivity (Wildman–Crippen MR) is 128 cm³/mol. The summed E-state index contributed by atoms with van der Waals surface area (Å²) >= 11 is 0. The van der Waals surface area contributed by atoms with Crippen molar-refractivity contribution in [1.29, 1.82) is 0 Å². The Labute approximate surface area is 193 Å². The van der Waals surface area contributed by atoms with Gasteiger partial charge in [0.25, 0.3) is 0 Å². The zero-order valence-electron chi connectivity index (χ0n) is 19.2. The highest BCUT2D eigenvalue weighted by molar-refractivity contribution is 5.91. The lowest BCUT2D eigenvalue weighted by molar-refractivity contribution is -0.133. The zero-order chi connectivity index (χ0) is 23.1. The van der Waals surface area contributed by atoms with Gasteiger partial charge in [0, 0.05) is 43.5 Å². The van der Waals surface area contributed by atoms with E-state index in [-0.39, 0.29) is 11.8 Å². The van der Waals surface area contributed by atoms with E-state index in [1.807, 2.05) is 17.0 Å². The second kappa shape index (κ2) is 8.42. The predicted octanol–water partition coefficient (Wildman–Crippen LogP) is 2.99. The summed E-state index contributed by atoms with van der Waals surface area (Å²) in [5.41, 5.74) is 9.52. The number of ether oxygens (including phenoxy) is 2. The molecule has 8 nitrogen and oxygen atoms in total. The minimum Gasteiger partial charge on any atom is -0.493 e. The molecule has 1 aromatic heterocycles. The molecule has 3 aromatic rings. The van der Waals surface area contributed by atoms with Gasteiger partial charge in [-0.25, -0.2) is 4.98 Å². The molecule has 0 spiro atoms. The lowest BCUT2D eigenvalue weighted by Gasteiger charge is -2.35. The molecule has 33 heavy (non-hydrogen) atoms. The van der Waals surface area contributed by atoms with Crippen LogP contribution in [0.3, 0.4) is 0 Å². The van der Waals surface area contributed by atoms with Crippen molar-refractivity contribution in [3.63, 3.8) is 0 Å². The van der Waals surface area contributed by atoms with Gasteiger partial charge in [-0.15, -0.1) is 0 Å². The van der Waals surface area contributed by atoms with Gasteiger partial charge >= 0.3 is 0 Å². The van der Waals surface area contributed by atoms with Gasteiger partial charge in [-0.2, -0.15) is 4.98 Å². The van der Waals surface area contributed by atoms with Gasteiger partial charge in [-0.1, -0.05) is 24.3 Å². The standard InChI is InChI=1S/C25H29N5O3/c1-15-6-4-5-7-16(15)17-12-18(17)24(31)29-8-10-30(11-9-29)25-27-20-14-22(33-3)21(32-2)13-19(20)23(26)28-25/h4-7,13-14,17-18H,8-12H2,1-3H3,(H2,26,27,28)/t17-,18+/m0/s1. The molecular weight excluding hydrogens is 418 g/mol. The van der Waals surface area contributed by atoms with Crippen LogP contribution in [-0.4, -0.2) is 61.2 Å². The Bertz CT molecular complexity index is 1210.